The average Bonchev–Trinajstić information content (AvgIpc) is 3.17. The number of carbonyl (C=O) groups excluding carboxylic acids is 2. The van der Waals surface area contributed by atoms with Crippen LogP contribution >= 0.6 is 0 Å². The molecular formula is C32H36N2O5. The van der Waals surface area contributed by atoms with Gasteiger partial charge in [0, 0.05) is 12.1 Å². The van der Waals surface area contributed by atoms with Gasteiger partial charge in [0.05, 0.1) is 18.2 Å². The van der Waals surface area contributed by atoms with E-state index < -0.39 is 17.7 Å². The van der Waals surface area contributed by atoms with Crippen molar-refractivity contribution in [3.8, 4) is 17.2 Å². The summed E-state index contributed by atoms with van der Waals surface area (Å²) in [6.07, 6.45) is 1.56. The van der Waals surface area contributed by atoms with E-state index in [0.717, 1.165) is 24.3 Å². The lowest BCUT2D eigenvalue weighted by atomic mass is 9.94. The molecule has 1 amide bonds. The molecule has 3 aromatic rings. The second-order valence-electron chi connectivity index (χ2n) is 9.97. The number of carbonyl (C=O) groups is 2. The van der Waals surface area contributed by atoms with Crippen molar-refractivity contribution in [3.63, 3.8) is 0 Å². The largest absolute Gasteiger partial charge is 0.507 e. The molecule has 204 valence electrons. The minimum absolute atomic E-state index is 0.0725. The molecular weight excluding hydrogens is 492 g/mol. The fourth-order valence-corrected chi connectivity index (χ4v) is 4.71. The Labute approximate surface area is 230 Å². The van der Waals surface area contributed by atoms with Crippen LogP contribution in [-0.4, -0.2) is 60.4 Å². The maximum atomic E-state index is 13.4. The van der Waals surface area contributed by atoms with Gasteiger partial charge >= 0.3 is 0 Å². The van der Waals surface area contributed by atoms with E-state index in [9.17, 15) is 14.7 Å². The summed E-state index contributed by atoms with van der Waals surface area (Å²) in [4.78, 5) is 30.3. The van der Waals surface area contributed by atoms with Gasteiger partial charge in [-0.3, -0.25) is 9.59 Å². The Morgan fingerprint density at radius 1 is 0.974 bits per heavy atom. The number of benzene rings is 3. The van der Waals surface area contributed by atoms with E-state index in [1.54, 1.807) is 23.1 Å². The van der Waals surface area contributed by atoms with Crippen LogP contribution in [-0.2, 0) is 9.59 Å². The molecule has 3 aromatic carbocycles. The molecule has 4 rings (SSSR count). The quantitative estimate of drug-likeness (QED) is 0.188. The number of aliphatic hydroxyl groups is 1. The van der Waals surface area contributed by atoms with E-state index in [1.165, 1.54) is 0 Å². The molecule has 1 N–H and O–H groups in total. The van der Waals surface area contributed by atoms with Crippen LogP contribution in [0.3, 0.4) is 0 Å². The third-order valence-corrected chi connectivity index (χ3v) is 6.61. The first-order valence-electron chi connectivity index (χ1n) is 13.3. The number of amides is 1. The summed E-state index contributed by atoms with van der Waals surface area (Å²) in [5, 5.41) is 11.5. The first kappa shape index (κ1) is 27.9. The second kappa shape index (κ2) is 12.6. The molecule has 1 atom stereocenters. The first-order valence-corrected chi connectivity index (χ1v) is 13.3. The number of Topliss-reactive ketones (excluding diaryl/α,β-unsaturated/α-hetero) is 1. The van der Waals surface area contributed by atoms with E-state index in [-0.39, 0.29) is 11.3 Å². The minimum Gasteiger partial charge on any atom is -0.507 e. The lowest BCUT2D eigenvalue weighted by Gasteiger charge is -2.26. The summed E-state index contributed by atoms with van der Waals surface area (Å²) in [6.45, 7) is 5.64. The summed E-state index contributed by atoms with van der Waals surface area (Å²) in [5.41, 5.74) is 2.06. The first-order chi connectivity index (χ1) is 18.8. The number of nitrogens with zero attached hydrogens (tertiary/aromatic N) is 2. The highest BCUT2D eigenvalue weighted by atomic mass is 16.5. The second-order valence-corrected chi connectivity index (χ2v) is 9.97. The maximum absolute atomic E-state index is 13.4. The van der Waals surface area contributed by atoms with Crippen molar-refractivity contribution >= 4 is 17.4 Å². The van der Waals surface area contributed by atoms with Gasteiger partial charge in [0.1, 0.15) is 23.0 Å². The molecule has 0 radical (unpaired) electrons. The predicted molar refractivity (Wildman–Crippen MR) is 152 cm³/mol. The lowest BCUT2D eigenvalue weighted by molar-refractivity contribution is -0.139. The zero-order valence-corrected chi connectivity index (χ0v) is 23.0. The van der Waals surface area contributed by atoms with Gasteiger partial charge in [0.25, 0.3) is 11.7 Å². The van der Waals surface area contributed by atoms with Crippen molar-refractivity contribution in [1.29, 1.82) is 0 Å². The normalized spacial score (nSPS) is 16.6. The predicted octanol–water partition coefficient (Wildman–Crippen LogP) is 5.95. The van der Waals surface area contributed by atoms with E-state index >= 15 is 0 Å². The zero-order valence-electron chi connectivity index (χ0n) is 23.0. The fraction of sp³-hybridized carbons (Fsp3) is 0.312. The number of likely N-dealkylation sites (tertiary alicyclic amines) is 1. The van der Waals surface area contributed by atoms with Crippen molar-refractivity contribution in [2.75, 3.05) is 33.8 Å². The Balaban J connectivity index is 1.76. The smallest absolute Gasteiger partial charge is 0.295 e. The molecule has 39 heavy (non-hydrogen) atoms. The third kappa shape index (κ3) is 6.49. The Morgan fingerprint density at radius 2 is 1.72 bits per heavy atom. The molecule has 0 aliphatic carbocycles. The van der Waals surface area contributed by atoms with Crippen LogP contribution in [0.25, 0.3) is 5.76 Å². The Morgan fingerprint density at radius 3 is 2.41 bits per heavy atom. The van der Waals surface area contributed by atoms with Crippen molar-refractivity contribution in [2.45, 2.75) is 32.7 Å². The summed E-state index contributed by atoms with van der Waals surface area (Å²) < 4.78 is 11.8. The number of aliphatic hydroxyl groups excluding tert-OH is 1. The van der Waals surface area contributed by atoms with Crippen LogP contribution in [0.2, 0.25) is 0 Å². The Hall–Kier alpha value is -4.10. The highest BCUT2D eigenvalue weighted by molar-refractivity contribution is 6.46. The third-order valence-electron chi connectivity index (χ3n) is 6.61. The molecule has 1 aliphatic rings. The van der Waals surface area contributed by atoms with E-state index in [1.807, 2.05) is 87.4 Å². The monoisotopic (exact) mass is 528 g/mol. The zero-order chi connectivity index (χ0) is 27.9. The number of para-hydroxylation sites is 1. The molecule has 0 aromatic heterocycles. The highest BCUT2D eigenvalue weighted by Gasteiger charge is 2.46. The van der Waals surface area contributed by atoms with E-state index in [4.69, 9.17) is 9.47 Å². The SMILES string of the molecule is CCCOc1ccc(C(O)=C2C(=O)C(=O)N(CCCN(C)C)[C@H]2c2cccc(Oc3ccccc3)c2)cc1C. The van der Waals surface area contributed by atoms with Crippen LogP contribution in [0.5, 0.6) is 17.2 Å². The Bertz CT molecular complexity index is 1350. The fourth-order valence-electron chi connectivity index (χ4n) is 4.71. The number of hydrogen-bond donors (Lipinski definition) is 1. The topological polar surface area (TPSA) is 79.3 Å². The number of ether oxygens (including phenoxy) is 2. The van der Waals surface area contributed by atoms with Gasteiger partial charge in [-0.05, 0) is 94.0 Å². The van der Waals surface area contributed by atoms with Crippen molar-refractivity contribution in [2.24, 2.45) is 0 Å². The minimum atomic E-state index is -0.747. The molecule has 1 aliphatic heterocycles. The van der Waals surface area contributed by atoms with E-state index in [0.29, 0.717) is 42.2 Å². The van der Waals surface area contributed by atoms with Crippen LogP contribution in [0, 0.1) is 6.92 Å². The average molecular weight is 529 g/mol. The highest BCUT2D eigenvalue weighted by Crippen LogP contribution is 2.41. The molecule has 1 fully saturated rings. The molecule has 0 bridgehead atoms. The van der Waals surface area contributed by atoms with Crippen molar-refractivity contribution in [3.05, 3.63) is 95.1 Å². The van der Waals surface area contributed by atoms with E-state index in [2.05, 4.69) is 0 Å². The van der Waals surface area contributed by atoms with Gasteiger partial charge < -0.3 is 24.4 Å². The summed E-state index contributed by atoms with van der Waals surface area (Å²) in [6, 6.07) is 21.3. The van der Waals surface area contributed by atoms with Gasteiger partial charge in [-0.2, -0.15) is 0 Å². The van der Waals surface area contributed by atoms with Gasteiger partial charge in [0.2, 0.25) is 0 Å². The number of ketones is 1. The Kier molecular flexibility index (Phi) is 9.04. The number of aryl methyl sites for hydroxylation is 1. The maximum Gasteiger partial charge on any atom is 0.295 e. The van der Waals surface area contributed by atoms with Crippen molar-refractivity contribution < 1.29 is 24.2 Å². The molecule has 1 heterocycles. The van der Waals surface area contributed by atoms with Crippen LogP contribution < -0.4 is 9.47 Å². The molecule has 0 spiro atoms. The number of hydrogen-bond acceptors (Lipinski definition) is 6. The summed E-state index contributed by atoms with van der Waals surface area (Å²) >= 11 is 0. The lowest BCUT2D eigenvalue weighted by Crippen LogP contribution is -2.32. The number of rotatable bonds is 11. The van der Waals surface area contributed by atoms with Gasteiger partial charge in [-0.25, -0.2) is 0 Å². The molecule has 0 saturated carbocycles. The van der Waals surface area contributed by atoms with Crippen LogP contribution in [0.15, 0.2) is 78.4 Å². The summed E-state index contributed by atoms with van der Waals surface area (Å²) in [5.74, 6) is 0.462. The summed E-state index contributed by atoms with van der Waals surface area (Å²) in [7, 11) is 3.93. The van der Waals surface area contributed by atoms with Crippen LogP contribution in [0.4, 0.5) is 0 Å². The standard InChI is InChI=1S/C32H36N2O5/c1-5-19-38-27-16-15-24(20-22(27)2)30(35)28-29(34(32(37)31(28)36)18-10-17-33(3)4)23-11-9-14-26(21-23)39-25-12-7-6-8-13-25/h6-9,11-16,20-21,29,35H,5,10,17-19H2,1-4H3/t29-/m0/s1. The molecule has 0 unspecified atom stereocenters. The van der Waals surface area contributed by atoms with Gasteiger partial charge in [-0.1, -0.05) is 37.3 Å². The van der Waals surface area contributed by atoms with Crippen molar-refractivity contribution in [1.82, 2.24) is 9.80 Å². The molecule has 7 heteroatoms. The van der Waals surface area contributed by atoms with Crippen LogP contribution in [0.1, 0.15) is 42.5 Å². The van der Waals surface area contributed by atoms with Gasteiger partial charge in [0.15, 0.2) is 0 Å². The molecule has 1 saturated heterocycles. The molecule has 7 nitrogen and oxygen atoms in total. The van der Waals surface area contributed by atoms with Gasteiger partial charge in [-0.15, -0.1) is 0 Å².